The molecule has 2 atom stereocenters. The molecular weight excluding hydrogens is 333 g/mol. The number of H-pyrrole nitrogens is 1. The first kappa shape index (κ1) is 18.4. The van der Waals surface area contributed by atoms with E-state index >= 15 is 0 Å². The van der Waals surface area contributed by atoms with Crippen molar-refractivity contribution in [2.75, 3.05) is 26.4 Å². The zero-order valence-corrected chi connectivity index (χ0v) is 14.9. The van der Waals surface area contributed by atoms with E-state index in [9.17, 15) is 18.9 Å². The number of ether oxygens (including phenoxy) is 1. The third-order valence-electron chi connectivity index (χ3n) is 3.66. The molecule has 1 aromatic heterocycles. The summed E-state index contributed by atoms with van der Waals surface area (Å²) in [6.45, 7) is 5.41. The van der Waals surface area contributed by atoms with Gasteiger partial charge in [-0.2, -0.15) is 0 Å². The van der Waals surface area contributed by atoms with Crippen LogP contribution in [0.3, 0.4) is 0 Å². The molecule has 9 heteroatoms. The van der Waals surface area contributed by atoms with E-state index in [1.165, 1.54) is 23.8 Å². The number of rotatable bonds is 3. The lowest BCUT2D eigenvalue weighted by Gasteiger charge is -2.24. The predicted molar refractivity (Wildman–Crippen MR) is 90.7 cm³/mol. The van der Waals surface area contributed by atoms with Gasteiger partial charge in [0.1, 0.15) is 7.14 Å². The molecule has 1 saturated heterocycles. The third kappa shape index (κ3) is 5.04. The predicted octanol–water partition coefficient (Wildman–Crippen LogP) is 0.809. The summed E-state index contributed by atoms with van der Waals surface area (Å²) in [5.74, 6) is 1.50. The van der Waals surface area contributed by atoms with Gasteiger partial charge in [0.05, 0.1) is 12.6 Å². The largest absolute Gasteiger partial charge is 0.349 e. The Morgan fingerprint density at radius 1 is 1.42 bits per heavy atom. The smallest absolute Gasteiger partial charge is 0.330 e. The third-order valence-corrected chi connectivity index (χ3v) is 4.55. The Morgan fingerprint density at radius 3 is 2.71 bits per heavy atom. The maximum Gasteiger partial charge on any atom is 0.330 e. The van der Waals surface area contributed by atoms with Crippen LogP contribution in [0.1, 0.15) is 19.6 Å². The zero-order chi connectivity index (χ0) is 17.9. The summed E-state index contributed by atoms with van der Waals surface area (Å²) in [7, 11) is -2.35. The number of amides is 1. The normalized spacial score (nSPS) is 22.5. The lowest BCUT2D eigenvalue weighted by atomic mass is 10.2. The summed E-state index contributed by atoms with van der Waals surface area (Å²) >= 11 is 0. The van der Waals surface area contributed by atoms with Gasteiger partial charge in [-0.25, -0.2) is 4.79 Å². The van der Waals surface area contributed by atoms with Crippen LogP contribution in [0, 0.1) is 0 Å². The molecule has 1 N–H and O–H groups in total. The first-order valence-electron chi connectivity index (χ1n) is 7.62. The Kier molecular flexibility index (Phi) is 5.62. The molecule has 132 valence electrons. The minimum Gasteiger partial charge on any atom is -0.349 e. The molecular formula is C15H22N3O5P. The van der Waals surface area contributed by atoms with Crippen LogP contribution in [0.5, 0.6) is 0 Å². The minimum atomic E-state index is -2.35. The minimum absolute atomic E-state index is 0.123. The van der Waals surface area contributed by atoms with Crippen molar-refractivity contribution in [3.05, 3.63) is 45.0 Å². The highest BCUT2D eigenvalue weighted by atomic mass is 31.2. The van der Waals surface area contributed by atoms with Crippen molar-refractivity contribution in [1.29, 1.82) is 0 Å². The summed E-state index contributed by atoms with van der Waals surface area (Å²) in [4.78, 5) is 38.8. The number of aromatic amines is 1. The molecule has 0 aliphatic carbocycles. The molecule has 2 heterocycles. The number of hydrogen-bond acceptors (Lipinski definition) is 5. The lowest BCUT2D eigenvalue weighted by Crippen LogP contribution is -2.39. The molecule has 1 aliphatic rings. The topological polar surface area (TPSA) is 101 Å². The average molecular weight is 355 g/mol. The van der Waals surface area contributed by atoms with E-state index in [1.807, 2.05) is 0 Å². The van der Waals surface area contributed by atoms with Gasteiger partial charge in [-0.05, 0) is 25.6 Å². The van der Waals surface area contributed by atoms with Gasteiger partial charge in [0.15, 0.2) is 6.23 Å². The molecule has 8 nitrogen and oxygen atoms in total. The number of hydrogen-bond donors (Lipinski definition) is 1. The Bertz CT molecular complexity index is 791. The van der Waals surface area contributed by atoms with Crippen molar-refractivity contribution < 1.29 is 14.1 Å². The van der Waals surface area contributed by atoms with Crippen LogP contribution in [-0.2, 0) is 14.1 Å². The number of carbonyl (C=O) groups excluding carboxylic acids is 1. The summed E-state index contributed by atoms with van der Waals surface area (Å²) in [6.07, 6.45) is 2.48. The van der Waals surface area contributed by atoms with E-state index in [1.54, 1.807) is 30.1 Å². The summed E-state index contributed by atoms with van der Waals surface area (Å²) in [5, 5.41) is 0. The van der Waals surface area contributed by atoms with Crippen LogP contribution in [0.2, 0.25) is 0 Å². The van der Waals surface area contributed by atoms with E-state index in [4.69, 9.17) is 4.74 Å². The van der Waals surface area contributed by atoms with Crippen molar-refractivity contribution in [3.63, 3.8) is 0 Å². The Balaban J connectivity index is 2.33. The van der Waals surface area contributed by atoms with Gasteiger partial charge in [0.25, 0.3) is 5.56 Å². The maximum absolute atomic E-state index is 12.0. The van der Waals surface area contributed by atoms with Gasteiger partial charge >= 0.3 is 5.69 Å². The summed E-state index contributed by atoms with van der Waals surface area (Å²) in [6, 6.07) is 1.23. The molecule has 0 radical (unpaired) electrons. The van der Waals surface area contributed by atoms with E-state index in [0.717, 1.165) is 0 Å². The maximum atomic E-state index is 12.0. The lowest BCUT2D eigenvalue weighted by molar-refractivity contribution is -0.130. The summed E-state index contributed by atoms with van der Waals surface area (Å²) < 4.78 is 19.0. The monoisotopic (exact) mass is 355 g/mol. The second kappa shape index (κ2) is 7.32. The second-order valence-electron chi connectivity index (χ2n) is 6.18. The quantitative estimate of drug-likeness (QED) is 0.809. The van der Waals surface area contributed by atoms with Gasteiger partial charge < -0.3 is 14.2 Å². The van der Waals surface area contributed by atoms with E-state index < -0.39 is 24.6 Å². The van der Waals surface area contributed by atoms with Crippen molar-refractivity contribution >= 4 is 13.0 Å². The number of nitrogens with one attached hydrogen (secondary N) is 1. The molecule has 24 heavy (non-hydrogen) atoms. The standard InChI is InChI=1S/C15H22N3O5P/c1-11(19)17-7-4-12(6-9-24(2,3)22)23-14(10-17)18-8-5-13(20)16-15(18)21/h5-6,8-9,12,14H,4,7,10H2,1-3H3,(H,16,20,21)/b9-6+. The van der Waals surface area contributed by atoms with Crippen LogP contribution in [0.4, 0.5) is 0 Å². The van der Waals surface area contributed by atoms with Gasteiger partial charge in [0.2, 0.25) is 5.91 Å². The molecule has 1 fully saturated rings. The Hall–Kier alpha value is -1.92. The van der Waals surface area contributed by atoms with E-state index in [0.29, 0.717) is 13.0 Å². The van der Waals surface area contributed by atoms with Gasteiger partial charge in [-0.3, -0.25) is 19.1 Å². The molecule has 0 bridgehead atoms. The first-order chi connectivity index (χ1) is 11.2. The highest BCUT2D eigenvalue weighted by molar-refractivity contribution is 7.65. The van der Waals surface area contributed by atoms with E-state index in [-0.39, 0.29) is 18.6 Å². The molecule has 0 aromatic carbocycles. The van der Waals surface area contributed by atoms with Crippen LogP contribution >= 0.6 is 7.14 Å². The molecule has 0 spiro atoms. The fourth-order valence-electron chi connectivity index (χ4n) is 2.41. The molecule has 0 saturated carbocycles. The van der Waals surface area contributed by atoms with Gasteiger partial charge in [0, 0.05) is 25.7 Å². The van der Waals surface area contributed by atoms with Crippen molar-refractivity contribution in [1.82, 2.24) is 14.5 Å². The van der Waals surface area contributed by atoms with Crippen LogP contribution < -0.4 is 11.2 Å². The molecule has 1 aliphatic heterocycles. The molecule has 2 unspecified atom stereocenters. The molecule has 1 amide bonds. The fourth-order valence-corrected chi connectivity index (χ4v) is 3.02. The van der Waals surface area contributed by atoms with Crippen molar-refractivity contribution in [3.8, 4) is 0 Å². The Labute approximate surface area is 139 Å². The molecule has 2 rings (SSSR count). The highest BCUT2D eigenvalue weighted by Gasteiger charge is 2.27. The first-order valence-corrected chi connectivity index (χ1v) is 10.3. The van der Waals surface area contributed by atoms with Gasteiger partial charge in [-0.1, -0.05) is 6.08 Å². The average Bonchev–Trinajstić information content (AvgIpc) is 2.67. The van der Waals surface area contributed by atoms with Crippen LogP contribution in [-0.4, -0.2) is 52.9 Å². The SMILES string of the molecule is CC(=O)N1CCC(/C=C/P(C)(C)=O)OC(n2ccc(=O)[nH]c2=O)C1. The van der Waals surface area contributed by atoms with E-state index in [2.05, 4.69) is 4.98 Å². The number of carbonyl (C=O) groups is 1. The van der Waals surface area contributed by atoms with Gasteiger partial charge in [-0.15, -0.1) is 0 Å². The highest BCUT2D eigenvalue weighted by Crippen LogP contribution is 2.38. The zero-order valence-electron chi connectivity index (χ0n) is 14.0. The number of nitrogens with zero attached hydrogens (tertiary/aromatic N) is 2. The molecule has 1 aromatic rings. The van der Waals surface area contributed by atoms with Crippen LogP contribution in [0.15, 0.2) is 33.7 Å². The Morgan fingerprint density at radius 2 is 2.12 bits per heavy atom. The fraction of sp³-hybridized carbons (Fsp3) is 0.533. The number of aromatic nitrogens is 2. The summed E-state index contributed by atoms with van der Waals surface area (Å²) in [5.41, 5.74) is -1.10. The van der Waals surface area contributed by atoms with Crippen molar-refractivity contribution in [2.45, 2.75) is 25.7 Å². The van der Waals surface area contributed by atoms with Crippen LogP contribution in [0.25, 0.3) is 0 Å². The van der Waals surface area contributed by atoms with Crippen molar-refractivity contribution in [2.24, 2.45) is 0 Å². The second-order valence-corrected chi connectivity index (χ2v) is 9.34.